The van der Waals surface area contributed by atoms with Crippen molar-refractivity contribution in [1.82, 2.24) is 19.8 Å². The number of anilines is 1. The Labute approximate surface area is 165 Å². The lowest BCUT2D eigenvalue weighted by Crippen LogP contribution is -2.46. The lowest BCUT2D eigenvalue weighted by molar-refractivity contribution is 0.0919. The van der Waals surface area contributed by atoms with Crippen LogP contribution in [0.4, 0.5) is 14.5 Å². The quantitative estimate of drug-likeness (QED) is 0.659. The summed E-state index contributed by atoms with van der Waals surface area (Å²) in [5.74, 6) is -3.70. The number of hydrogen-bond donors (Lipinski definition) is 3. The lowest BCUT2D eigenvalue weighted by atomic mass is 10.1. The molecule has 1 fully saturated rings. The highest BCUT2D eigenvalue weighted by Crippen LogP contribution is 2.18. The van der Waals surface area contributed by atoms with E-state index in [0.29, 0.717) is 12.8 Å². The number of amides is 2. The average molecular weight is 427 g/mol. The summed E-state index contributed by atoms with van der Waals surface area (Å²) < 4.78 is 52.0. The predicted octanol–water partition coefficient (Wildman–Crippen LogP) is 1.09. The van der Waals surface area contributed by atoms with Gasteiger partial charge in [-0.1, -0.05) is 6.07 Å². The highest BCUT2D eigenvalue weighted by molar-refractivity contribution is 7.88. The normalized spacial score (nSPS) is 15.8. The zero-order valence-electron chi connectivity index (χ0n) is 15.4. The van der Waals surface area contributed by atoms with Crippen molar-refractivity contribution >= 4 is 27.5 Å². The molecule has 1 aromatic carbocycles. The Morgan fingerprint density at radius 3 is 2.38 bits per heavy atom. The van der Waals surface area contributed by atoms with Gasteiger partial charge in [-0.25, -0.2) is 21.5 Å². The smallest absolute Gasteiger partial charge is 0.271 e. The molecular formula is C17H19F2N5O4S. The summed E-state index contributed by atoms with van der Waals surface area (Å²) in [6.07, 6.45) is 3.13. The summed E-state index contributed by atoms with van der Waals surface area (Å²) in [6, 6.07) is 2.76. The molecule has 0 saturated carbocycles. The van der Waals surface area contributed by atoms with Gasteiger partial charge in [0, 0.05) is 19.1 Å². The van der Waals surface area contributed by atoms with Crippen molar-refractivity contribution in [3.05, 3.63) is 47.3 Å². The Kier molecular flexibility index (Phi) is 5.94. The number of aromatic amines is 1. The van der Waals surface area contributed by atoms with Gasteiger partial charge < -0.3 is 10.6 Å². The highest BCUT2D eigenvalue weighted by Gasteiger charge is 2.27. The molecule has 1 saturated heterocycles. The van der Waals surface area contributed by atoms with Crippen molar-refractivity contribution in [3.8, 4) is 0 Å². The molecule has 12 heteroatoms. The third-order valence-electron chi connectivity index (χ3n) is 4.56. The van der Waals surface area contributed by atoms with Crippen LogP contribution < -0.4 is 10.6 Å². The fraction of sp³-hybridized carbons (Fsp3) is 0.353. The van der Waals surface area contributed by atoms with Gasteiger partial charge >= 0.3 is 0 Å². The van der Waals surface area contributed by atoms with Crippen molar-refractivity contribution < 1.29 is 26.8 Å². The minimum absolute atomic E-state index is 0.0382. The Bertz CT molecular complexity index is 1010. The summed E-state index contributed by atoms with van der Waals surface area (Å²) in [4.78, 5) is 24.7. The maximum absolute atomic E-state index is 13.8. The summed E-state index contributed by atoms with van der Waals surface area (Å²) in [6.45, 7) is 0.561. The number of carbonyl (C=O) groups is 2. The third kappa shape index (κ3) is 4.77. The maximum Gasteiger partial charge on any atom is 0.271 e. The van der Waals surface area contributed by atoms with Gasteiger partial charge in [-0.05, 0) is 25.0 Å². The maximum atomic E-state index is 13.8. The minimum Gasteiger partial charge on any atom is -0.348 e. The molecule has 2 heterocycles. The molecule has 1 aliphatic heterocycles. The van der Waals surface area contributed by atoms with E-state index < -0.39 is 39.0 Å². The number of aromatic nitrogens is 2. The molecule has 2 amide bonds. The minimum atomic E-state index is -3.28. The number of halogens is 2. The Morgan fingerprint density at radius 1 is 1.17 bits per heavy atom. The molecular weight excluding hydrogens is 408 g/mol. The van der Waals surface area contributed by atoms with Crippen LogP contribution in [0.15, 0.2) is 24.4 Å². The van der Waals surface area contributed by atoms with Crippen molar-refractivity contribution in [1.29, 1.82) is 0 Å². The molecule has 0 spiro atoms. The van der Waals surface area contributed by atoms with Crippen LogP contribution in [0.1, 0.15) is 33.7 Å². The van der Waals surface area contributed by atoms with Gasteiger partial charge in [0.2, 0.25) is 10.0 Å². The predicted molar refractivity (Wildman–Crippen MR) is 99.8 cm³/mol. The molecule has 1 aromatic heterocycles. The second-order valence-electron chi connectivity index (χ2n) is 6.62. The van der Waals surface area contributed by atoms with E-state index in [-0.39, 0.29) is 30.5 Å². The van der Waals surface area contributed by atoms with E-state index >= 15 is 0 Å². The summed E-state index contributed by atoms with van der Waals surface area (Å²) in [7, 11) is -3.28. The zero-order chi connectivity index (χ0) is 21.2. The van der Waals surface area contributed by atoms with Crippen molar-refractivity contribution in [2.75, 3.05) is 24.7 Å². The van der Waals surface area contributed by atoms with Crippen molar-refractivity contribution in [2.45, 2.75) is 18.9 Å². The van der Waals surface area contributed by atoms with Crippen molar-refractivity contribution in [3.63, 3.8) is 0 Å². The van der Waals surface area contributed by atoms with Crippen LogP contribution in [0.3, 0.4) is 0 Å². The topological polar surface area (TPSA) is 124 Å². The molecule has 0 radical (unpaired) electrons. The first kappa shape index (κ1) is 20.9. The molecule has 0 bridgehead atoms. The van der Waals surface area contributed by atoms with E-state index in [1.165, 1.54) is 4.31 Å². The average Bonchev–Trinajstić information content (AvgIpc) is 3.09. The van der Waals surface area contributed by atoms with Crippen molar-refractivity contribution in [2.24, 2.45) is 0 Å². The standard InChI is InChI=1S/C17H19F2N5O4S/c1-29(27,28)24-7-5-10(6-8-24)21-17(26)15-13(9-20-23-15)22-16(25)14-11(18)3-2-4-12(14)19/h2-4,9-10H,5-8H2,1H3,(H,20,23)(H,21,26)(H,22,25). The van der Waals surface area contributed by atoms with E-state index in [0.717, 1.165) is 30.7 Å². The molecule has 2 aromatic rings. The van der Waals surface area contributed by atoms with Crippen LogP contribution in [0.25, 0.3) is 0 Å². The number of hydrogen-bond acceptors (Lipinski definition) is 5. The molecule has 156 valence electrons. The lowest BCUT2D eigenvalue weighted by Gasteiger charge is -2.30. The number of sulfonamides is 1. The fourth-order valence-electron chi connectivity index (χ4n) is 3.04. The van der Waals surface area contributed by atoms with Gasteiger partial charge in [-0.3, -0.25) is 14.7 Å². The second-order valence-corrected chi connectivity index (χ2v) is 8.60. The van der Waals surface area contributed by atoms with Gasteiger partial charge in [-0.2, -0.15) is 5.10 Å². The fourth-order valence-corrected chi connectivity index (χ4v) is 3.92. The van der Waals surface area contributed by atoms with Gasteiger partial charge in [0.1, 0.15) is 22.9 Å². The summed E-state index contributed by atoms with van der Waals surface area (Å²) in [5.41, 5.74) is -0.891. The van der Waals surface area contributed by atoms with E-state index in [1.807, 2.05) is 0 Å². The SMILES string of the molecule is CS(=O)(=O)N1CCC(NC(=O)c2[nH]ncc2NC(=O)c2c(F)cccc2F)CC1. The number of piperidine rings is 1. The summed E-state index contributed by atoms with van der Waals surface area (Å²) in [5, 5.41) is 11.2. The number of nitrogens with zero attached hydrogens (tertiary/aromatic N) is 2. The number of benzene rings is 1. The van der Waals surface area contributed by atoms with Crippen LogP contribution >= 0.6 is 0 Å². The Hall–Kier alpha value is -2.86. The van der Waals surface area contributed by atoms with Crippen LogP contribution in [0.2, 0.25) is 0 Å². The van der Waals surface area contributed by atoms with E-state index in [2.05, 4.69) is 20.8 Å². The summed E-state index contributed by atoms with van der Waals surface area (Å²) >= 11 is 0. The highest BCUT2D eigenvalue weighted by atomic mass is 32.2. The number of H-pyrrole nitrogens is 1. The molecule has 0 aliphatic carbocycles. The first-order chi connectivity index (χ1) is 13.7. The largest absolute Gasteiger partial charge is 0.348 e. The first-order valence-corrected chi connectivity index (χ1v) is 10.6. The first-order valence-electron chi connectivity index (χ1n) is 8.71. The van der Waals surface area contributed by atoms with Gasteiger partial charge in [-0.15, -0.1) is 0 Å². The number of carbonyl (C=O) groups excluding carboxylic acids is 2. The van der Waals surface area contributed by atoms with Gasteiger partial charge in [0.25, 0.3) is 11.8 Å². The van der Waals surface area contributed by atoms with E-state index in [1.54, 1.807) is 0 Å². The van der Waals surface area contributed by atoms with E-state index in [4.69, 9.17) is 0 Å². The molecule has 29 heavy (non-hydrogen) atoms. The second kappa shape index (κ2) is 8.25. The van der Waals surface area contributed by atoms with Crippen LogP contribution in [0.5, 0.6) is 0 Å². The third-order valence-corrected chi connectivity index (χ3v) is 5.87. The van der Waals surface area contributed by atoms with E-state index in [9.17, 15) is 26.8 Å². The zero-order valence-corrected chi connectivity index (χ0v) is 16.2. The molecule has 3 rings (SSSR count). The molecule has 0 atom stereocenters. The van der Waals surface area contributed by atoms with Crippen LogP contribution in [-0.2, 0) is 10.0 Å². The van der Waals surface area contributed by atoms with Crippen LogP contribution in [0, 0.1) is 11.6 Å². The monoisotopic (exact) mass is 427 g/mol. The van der Waals surface area contributed by atoms with Crippen LogP contribution in [-0.4, -0.2) is 60.1 Å². The molecule has 1 aliphatic rings. The number of nitrogens with one attached hydrogen (secondary N) is 3. The molecule has 9 nitrogen and oxygen atoms in total. The Balaban J connectivity index is 1.66. The van der Waals surface area contributed by atoms with Gasteiger partial charge in [0.05, 0.1) is 18.1 Å². The molecule has 0 unspecified atom stereocenters. The van der Waals surface area contributed by atoms with Gasteiger partial charge in [0.15, 0.2) is 0 Å². The Morgan fingerprint density at radius 2 is 1.79 bits per heavy atom. The molecule has 3 N–H and O–H groups in total. The number of rotatable bonds is 5.